The molecule has 3 rings (SSSR count). The number of hydrogen-bond acceptors (Lipinski definition) is 8. The van der Waals surface area contributed by atoms with Crippen LogP contribution in [0.2, 0.25) is 10.0 Å². The van der Waals surface area contributed by atoms with Crippen molar-refractivity contribution >= 4 is 50.8 Å². The topological polar surface area (TPSA) is 114 Å². The third-order valence-electron chi connectivity index (χ3n) is 3.83. The van der Waals surface area contributed by atoms with Crippen LogP contribution in [0, 0.1) is 0 Å². The fraction of sp³-hybridized carbons (Fsp3) is 0.167. The highest BCUT2D eigenvalue weighted by molar-refractivity contribution is 7.99. The smallest absolute Gasteiger partial charge is 0.264 e. The number of anilines is 1. The van der Waals surface area contributed by atoms with Crippen molar-refractivity contribution in [2.75, 3.05) is 17.6 Å². The number of nitrogens with zero attached hydrogens (tertiary/aromatic N) is 3. The molecule has 12 heteroatoms. The molecule has 2 aromatic heterocycles. The third-order valence-corrected chi connectivity index (χ3v) is 7.12. The Morgan fingerprint density at radius 3 is 2.67 bits per heavy atom. The SMILES string of the molecule is COc1nc(SCC(O)c2ccncc2)cnc1NS(=O)(=O)c1cccc(Cl)c1Cl. The first-order valence-electron chi connectivity index (χ1n) is 8.40. The lowest BCUT2D eigenvalue weighted by molar-refractivity contribution is 0.204. The number of methoxy groups -OCH3 is 1. The summed E-state index contributed by atoms with van der Waals surface area (Å²) in [6, 6.07) is 7.71. The Morgan fingerprint density at radius 2 is 1.97 bits per heavy atom. The molecule has 1 aromatic carbocycles. The van der Waals surface area contributed by atoms with Gasteiger partial charge in [0, 0.05) is 18.1 Å². The predicted octanol–water partition coefficient (Wildman–Crippen LogP) is 3.81. The first-order chi connectivity index (χ1) is 14.3. The van der Waals surface area contributed by atoms with Crippen LogP contribution in [0.3, 0.4) is 0 Å². The van der Waals surface area contributed by atoms with E-state index < -0.39 is 16.1 Å². The number of halogens is 2. The second-order valence-electron chi connectivity index (χ2n) is 5.83. The van der Waals surface area contributed by atoms with Crippen LogP contribution in [0.4, 0.5) is 5.82 Å². The van der Waals surface area contributed by atoms with Crippen LogP contribution in [-0.2, 0) is 10.0 Å². The Morgan fingerprint density at radius 1 is 1.23 bits per heavy atom. The van der Waals surface area contributed by atoms with Crippen molar-refractivity contribution in [1.82, 2.24) is 15.0 Å². The van der Waals surface area contributed by atoms with Gasteiger partial charge in [0.1, 0.15) is 9.92 Å². The highest BCUT2D eigenvalue weighted by atomic mass is 35.5. The van der Waals surface area contributed by atoms with E-state index in [4.69, 9.17) is 27.9 Å². The molecular formula is C18H16Cl2N4O4S2. The van der Waals surface area contributed by atoms with E-state index in [1.165, 1.54) is 43.3 Å². The van der Waals surface area contributed by atoms with Gasteiger partial charge in [0.15, 0.2) is 0 Å². The lowest BCUT2D eigenvalue weighted by Crippen LogP contribution is -2.16. The van der Waals surface area contributed by atoms with E-state index >= 15 is 0 Å². The average molecular weight is 487 g/mol. The Bertz CT molecular complexity index is 1130. The first kappa shape index (κ1) is 22.6. The fourth-order valence-corrected chi connectivity index (χ4v) is 4.92. The maximum Gasteiger partial charge on any atom is 0.264 e. The lowest BCUT2D eigenvalue weighted by atomic mass is 10.2. The van der Waals surface area contributed by atoms with Crippen molar-refractivity contribution in [1.29, 1.82) is 0 Å². The zero-order valence-corrected chi connectivity index (χ0v) is 18.6. The molecule has 0 spiro atoms. The van der Waals surface area contributed by atoms with Gasteiger partial charge in [-0.2, -0.15) is 0 Å². The number of ether oxygens (including phenoxy) is 1. The number of aliphatic hydroxyl groups is 1. The van der Waals surface area contributed by atoms with Crippen LogP contribution in [0.1, 0.15) is 11.7 Å². The summed E-state index contributed by atoms with van der Waals surface area (Å²) in [4.78, 5) is 12.1. The summed E-state index contributed by atoms with van der Waals surface area (Å²) in [7, 11) is -2.73. The minimum atomic E-state index is -4.08. The Balaban J connectivity index is 1.76. The van der Waals surface area contributed by atoms with Gasteiger partial charge in [0.25, 0.3) is 15.9 Å². The van der Waals surface area contributed by atoms with Gasteiger partial charge < -0.3 is 9.84 Å². The van der Waals surface area contributed by atoms with Crippen LogP contribution in [0.5, 0.6) is 5.88 Å². The number of thioether (sulfide) groups is 1. The molecule has 0 saturated carbocycles. The molecule has 2 heterocycles. The molecule has 0 bridgehead atoms. The molecule has 158 valence electrons. The number of aromatic nitrogens is 3. The number of pyridine rings is 1. The van der Waals surface area contributed by atoms with Gasteiger partial charge in [-0.1, -0.05) is 29.3 Å². The standard InChI is InChI=1S/C18H16Cl2N4O4S2/c1-28-18-17(24-30(26,27)14-4-2-3-12(19)16(14)20)22-9-15(23-18)29-10-13(25)11-5-7-21-8-6-11/h2-9,13,25H,10H2,1H3,(H,22,24). The summed E-state index contributed by atoms with van der Waals surface area (Å²) < 4.78 is 32.8. The lowest BCUT2D eigenvalue weighted by Gasteiger charge is -2.13. The zero-order chi connectivity index (χ0) is 21.7. The van der Waals surface area contributed by atoms with Gasteiger partial charge in [-0.25, -0.2) is 18.4 Å². The van der Waals surface area contributed by atoms with Gasteiger partial charge in [0.05, 0.1) is 29.5 Å². The molecule has 30 heavy (non-hydrogen) atoms. The van der Waals surface area contributed by atoms with E-state index in [0.29, 0.717) is 10.8 Å². The summed E-state index contributed by atoms with van der Waals surface area (Å²) in [5, 5.41) is 10.7. The Hall–Kier alpha value is -2.11. The predicted molar refractivity (Wildman–Crippen MR) is 116 cm³/mol. The number of rotatable bonds is 8. The molecule has 0 saturated heterocycles. The van der Waals surface area contributed by atoms with E-state index in [9.17, 15) is 13.5 Å². The molecule has 2 N–H and O–H groups in total. The van der Waals surface area contributed by atoms with E-state index in [0.717, 1.165) is 5.56 Å². The number of benzene rings is 1. The normalized spacial score (nSPS) is 12.4. The molecule has 3 aromatic rings. The highest BCUT2D eigenvalue weighted by Gasteiger charge is 2.23. The van der Waals surface area contributed by atoms with Crippen LogP contribution >= 0.6 is 35.0 Å². The van der Waals surface area contributed by atoms with Gasteiger partial charge in [-0.3, -0.25) is 9.71 Å². The quantitative estimate of drug-likeness (QED) is 0.461. The Labute approximate surface area is 187 Å². The molecule has 0 aliphatic heterocycles. The summed E-state index contributed by atoms with van der Waals surface area (Å²) in [6.07, 6.45) is 3.84. The minimum absolute atomic E-state index is 0.0277. The summed E-state index contributed by atoms with van der Waals surface area (Å²) >= 11 is 13.2. The Kier molecular flexibility index (Phi) is 7.37. The van der Waals surface area contributed by atoms with Gasteiger partial charge in [-0.15, -0.1) is 11.8 Å². The van der Waals surface area contributed by atoms with Crippen molar-refractivity contribution in [2.24, 2.45) is 0 Å². The molecule has 0 amide bonds. The third kappa shape index (κ3) is 5.32. The largest absolute Gasteiger partial charge is 0.478 e. The highest BCUT2D eigenvalue weighted by Crippen LogP contribution is 2.32. The molecule has 1 unspecified atom stereocenters. The van der Waals surface area contributed by atoms with Crippen LogP contribution in [-0.4, -0.2) is 41.3 Å². The average Bonchev–Trinajstić information content (AvgIpc) is 2.75. The number of nitrogens with one attached hydrogen (secondary N) is 1. The molecular weight excluding hydrogens is 471 g/mol. The van der Waals surface area contributed by atoms with E-state index in [1.54, 1.807) is 24.5 Å². The second-order valence-corrected chi connectivity index (χ2v) is 9.31. The molecule has 0 fully saturated rings. The van der Waals surface area contributed by atoms with Crippen molar-refractivity contribution < 1.29 is 18.3 Å². The molecule has 0 aliphatic carbocycles. The van der Waals surface area contributed by atoms with E-state index in [1.807, 2.05) is 0 Å². The van der Waals surface area contributed by atoms with Crippen molar-refractivity contribution in [3.8, 4) is 5.88 Å². The van der Waals surface area contributed by atoms with Crippen LogP contribution in [0.25, 0.3) is 0 Å². The second kappa shape index (κ2) is 9.80. The van der Waals surface area contributed by atoms with Gasteiger partial charge in [0.2, 0.25) is 5.82 Å². The molecule has 0 aliphatic rings. The first-order valence-corrected chi connectivity index (χ1v) is 11.6. The molecule has 8 nitrogen and oxygen atoms in total. The number of aliphatic hydroxyl groups excluding tert-OH is 1. The fourth-order valence-electron chi connectivity index (χ4n) is 2.36. The van der Waals surface area contributed by atoms with E-state index in [-0.39, 0.29) is 26.6 Å². The van der Waals surface area contributed by atoms with Crippen molar-refractivity contribution in [3.63, 3.8) is 0 Å². The maximum absolute atomic E-state index is 12.7. The summed E-state index contributed by atoms with van der Waals surface area (Å²) in [5.74, 6) is 0.179. The minimum Gasteiger partial charge on any atom is -0.478 e. The van der Waals surface area contributed by atoms with Gasteiger partial charge >= 0.3 is 0 Å². The van der Waals surface area contributed by atoms with Crippen molar-refractivity contribution in [3.05, 3.63) is 64.5 Å². The van der Waals surface area contributed by atoms with Crippen LogP contribution in [0.15, 0.2) is 58.8 Å². The molecule has 1 atom stereocenters. The van der Waals surface area contributed by atoms with Crippen LogP contribution < -0.4 is 9.46 Å². The summed E-state index contributed by atoms with van der Waals surface area (Å²) in [5.41, 5.74) is 0.722. The molecule has 0 radical (unpaired) electrons. The van der Waals surface area contributed by atoms with Crippen molar-refractivity contribution in [2.45, 2.75) is 16.0 Å². The van der Waals surface area contributed by atoms with E-state index in [2.05, 4.69) is 19.7 Å². The zero-order valence-electron chi connectivity index (χ0n) is 15.5. The van der Waals surface area contributed by atoms with Gasteiger partial charge in [-0.05, 0) is 29.8 Å². The monoisotopic (exact) mass is 486 g/mol. The maximum atomic E-state index is 12.7. The number of sulfonamides is 1. The number of hydrogen-bond donors (Lipinski definition) is 2. The summed E-state index contributed by atoms with van der Waals surface area (Å²) in [6.45, 7) is 0.